The summed E-state index contributed by atoms with van der Waals surface area (Å²) in [4.78, 5) is 11.3. The quantitative estimate of drug-likeness (QED) is 0.641. The molecule has 1 aromatic rings. The maximum absolute atomic E-state index is 11.3. The van der Waals surface area contributed by atoms with Crippen molar-refractivity contribution in [1.82, 2.24) is 5.01 Å². The molecule has 0 aliphatic rings. The van der Waals surface area contributed by atoms with Crippen LogP contribution in [0.25, 0.3) is 0 Å². The Morgan fingerprint density at radius 1 is 1.41 bits per heavy atom. The van der Waals surface area contributed by atoms with Gasteiger partial charge in [-0.1, -0.05) is 18.2 Å². The summed E-state index contributed by atoms with van der Waals surface area (Å²) >= 11 is 0. The fraction of sp³-hybridized carbons (Fsp3) is 0.417. The molecule has 5 heteroatoms. The minimum Gasteiger partial charge on any atom is -0.366 e. The Balaban J connectivity index is 3.35. The van der Waals surface area contributed by atoms with E-state index in [4.69, 9.17) is 5.73 Å². The molecule has 5 nitrogen and oxygen atoms in total. The first-order valence-electron chi connectivity index (χ1n) is 5.48. The molecular weight excluding hydrogens is 216 g/mol. The zero-order valence-corrected chi connectivity index (χ0v) is 10.7. The molecule has 1 aromatic carbocycles. The lowest BCUT2D eigenvalue weighted by molar-refractivity contribution is 0.0999. The molecular formula is C12H18N4O. The topological polar surface area (TPSA) is 71.0 Å². The lowest BCUT2D eigenvalue weighted by Gasteiger charge is -2.10. The molecule has 0 radical (unpaired) electrons. The van der Waals surface area contributed by atoms with Crippen LogP contribution in [0.5, 0.6) is 0 Å². The summed E-state index contributed by atoms with van der Waals surface area (Å²) in [6, 6.07) is 3.58. The van der Waals surface area contributed by atoms with Gasteiger partial charge < -0.3 is 5.73 Å². The van der Waals surface area contributed by atoms with Crippen molar-refractivity contribution in [3.63, 3.8) is 0 Å². The molecule has 0 bridgehead atoms. The van der Waals surface area contributed by atoms with E-state index in [2.05, 4.69) is 10.3 Å². The summed E-state index contributed by atoms with van der Waals surface area (Å²) in [6.07, 6.45) is 0.696. The molecule has 0 saturated carbocycles. The Hall–Kier alpha value is -1.91. The van der Waals surface area contributed by atoms with Gasteiger partial charge in [0.05, 0.1) is 5.69 Å². The number of nitrogens with zero attached hydrogens (tertiary/aromatic N) is 3. The SMILES string of the molecule is CCc1c(C(N)=O)ccc(C)c1N=NN(C)C. The number of primary amides is 1. The maximum Gasteiger partial charge on any atom is 0.249 e. The zero-order valence-electron chi connectivity index (χ0n) is 10.7. The monoisotopic (exact) mass is 234 g/mol. The highest BCUT2D eigenvalue weighted by Crippen LogP contribution is 2.28. The van der Waals surface area contributed by atoms with Crippen LogP contribution >= 0.6 is 0 Å². The first-order chi connectivity index (χ1) is 7.97. The molecule has 0 unspecified atom stereocenters. The lowest BCUT2D eigenvalue weighted by atomic mass is 9.99. The van der Waals surface area contributed by atoms with E-state index in [9.17, 15) is 4.79 Å². The van der Waals surface area contributed by atoms with Crippen molar-refractivity contribution in [2.45, 2.75) is 20.3 Å². The molecule has 0 saturated heterocycles. The Bertz CT molecular complexity index is 452. The normalized spacial score (nSPS) is 10.8. The Labute approximate surface area is 101 Å². The first-order valence-corrected chi connectivity index (χ1v) is 5.48. The fourth-order valence-electron chi connectivity index (χ4n) is 1.62. The number of aryl methyl sites for hydroxylation is 1. The molecule has 0 heterocycles. The van der Waals surface area contributed by atoms with Gasteiger partial charge in [0.25, 0.3) is 0 Å². The Morgan fingerprint density at radius 2 is 2.06 bits per heavy atom. The van der Waals surface area contributed by atoms with Crippen molar-refractivity contribution in [3.05, 3.63) is 28.8 Å². The van der Waals surface area contributed by atoms with Gasteiger partial charge in [0.15, 0.2) is 0 Å². The van der Waals surface area contributed by atoms with Crippen molar-refractivity contribution in [1.29, 1.82) is 0 Å². The van der Waals surface area contributed by atoms with Crippen LogP contribution < -0.4 is 5.73 Å². The van der Waals surface area contributed by atoms with Crippen LogP contribution in [-0.2, 0) is 6.42 Å². The van der Waals surface area contributed by atoms with Gasteiger partial charge in [-0.2, -0.15) is 0 Å². The van der Waals surface area contributed by atoms with Gasteiger partial charge in [0, 0.05) is 19.7 Å². The lowest BCUT2D eigenvalue weighted by Crippen LogP contribution is -2.14. The van der Waals surface area contributed by atoms with Crippen LogP contribution in [0.2, 0.25) is 0 Å². The second-order valence-electron chi connectivity index (χ2n) is 4.01. The molecule has 0 aromatic heterocycles. The molecule has 1 amide bonds. The molecule has 0 fully saturated rings. The van der Waals surface area contributed by atoms with E-state index in [0.29, 0.717) is 12.0 Å². The van der Waals surface area contributed by atoms with Gasteiger partial charge in [-0.25, -0.2) is 0 Å². The van der Waals surface area contributed by atoms with Crippen LogP contribution in [0.3, 0.4) is 0 Å². The van der Waals surface area contributed by atoms with Crippen LogP contribution in [0.1, 0.15) is 28.4 Å². The largest absolute Gasteiger partial charge is 0.366 e. The number of carbonyl (C=O) groups is 1. The number of carbonyl (C=O) groups excluding carboxylic acids is 1. The van der Waals surface area contributed by atoms with Crippen molar-refractivity contribution in [2.75, 3.05) is 14.1 Å². The predicted molar refractivity (Wildman–Crippen MR) is 67.3 cm³/mol. The molecule has 17 heavy (non-hydrogen) atoms. The second kappa shape index (κ2) is 5.43. The highest BCUT2D eigenvalue weighted by Gasteiger charge is 2.13. The summed E-state index contributed by atoms with van der Waals surface area (Å²) in [5.41, 5.74) is 8.43. The number of rotatable bonds is 4. The third-order valence-electron chi connectivity index (χ3n) is 2.43. The van der Waals surface area contributed by atoms with Gasteiger partial charge in [-0.15, -0.1) is 5.11 Å². The summed E-state index contributed by atoms with van der Waals surface area (Å²) in [6.45, 7) is 3.91. The zero-order chi connectivity index (χ0) is 13.0. The van der Waals surface area contributed by atoms with E-state index < -0.39 is 5.91 Å². The van der Waals surface area contributed by atoms with E-state index in [1.807, 2.05) is 19.9 Å². The summed E-state index contributed by atoms with van der Waals surface area (Å²) in [7, 11) is 3.59. The predicted octanol–water partition coefficient (Wildman–Crippen LogP) is 2.22. The Kier molecular flexibility index (Phi) is 4.20. The average molecular weight is 234 g/mol. The average Bonchev–Trinajstić information content (AvgIpc) is 2.26. The smallest absolute Gasteiger partial charge is 0.249 e. The van der Waals surface area contributed by atoms with Crippen LogP contribution in [0.4, 0.5) is 5.69 Å². The van der Waals surface area contributed by atoms with Crippen LogP contribution in [0.15, 0.2) is 22.5 Å². The summed E-state index contributed by atoms with van der Waals surface area (Å²) < 4.78 is 0. The van der Waals surface area contributed by atoms with Crippen molar-refractivity contribution >= 4 is 11.6 Å². The minimum absolute atomic E-state index is 0.428. The second-order valence-corrected chi connectivity index (χ2v) is 4.01. The van der Waals surface area contributed by atoms with E-state index in [1.54, 1.807) is 25.2 Å². The van der Waals surface area contributed by atoms with Crippen LogP contribution in [0, 0.1) is 6.92 Å². The van der Waals surface area contributed by atoms with E-state index in [1.165, 1.54) is 0 Å². The molecule has 0 spiro atoms. The van der Waals surface area contributed by atoms with Crippen molar-refractivity contribution in [3.8, 4) is 0 Å². The number of amides is 1. The third kappa shape index (κ3) is 3.03. The first kappa shape index (κ1) is 13.2. The number of benzene rings is 1. The maximum atomic E-state index is 11.3. The van der Waals surface area contributed by atoms with E-state index >= 15 is 0 Å². The van der Waals surface area contributed by atoms with E-state index in [-0.39, 0.29) is 0 Å². The van der Waals surface area contributed by atoms with E-state index in [0.717, 1.165) is 16.8 Å². The highest BCUT2D eigenvalue weighted by molar-refractivity contribution is 5.96. The van der Waals surface area contributed by atoms with Crippen molar-refractivity contribution < 1.29 is 4.79 Å². The summed E-state index contributed by atoms with van der Waals surface area (Å²) in [5.74, 6) is -0.428. The Morgan fingerprint density at radius 3 is 2.53 bits per heavy atom. The number of hydrogen-bond donors (Lipinski definition) is 1. The van der Waals surface area contributed by atoms with Crippen LogP contribution in [-0.4, -0.2) is 25.0 Å². The number of hydrogen-bond acceptors (Lipinski definition) is 3. The summed E-state index contributed by atoms with van der Waals surface area (Å²) in [5, 5.41) is 9.74. The molecule has 2 N–H and O–H groups in total. The standard InChI is InChI=1S/C12H18N4O/c1-5-9-10(12(13)17)7-6-8(2)11(9)14-15-16(3)4/h6-7H,5H2,1-4H3,(H2,13,17). The highest BCUT2D eigenvalue weighted by atomic mass is 16.1. The molecule has 0 atom stereocenters. The fourth-order valence-corrected chi connectivity index (χ4v) is 1.62. The molecule has 1 rings (SSSR count). The van der Waals surface area contributed by atoms with Gasteiger partial charge in [0.1, 0.15) is 0 Å². The van der Waals surface area contributed by atoms with Gasteiger partial charge in [-0.3, -0.25) is 9.80 Å². The van der Waals surface area contributed by atoms with Gasteiger partial charge in [-0.05, 0) is 30.5 Å². The van der Waals surface area contributed by atoms with Gasteiger partial charge in [0.2, 0.25) is 5.91 Å². The third-order valence-corrected chi connectivity index (χ3v) is 2.43. The van der Waals surface area contributed by atoms with Gasteiger partial charge >= 0.3 is 0 Å². The molecule has 92 valence electrons. The molecule has 0 aliphatic heterocycles. The number of nitrogens with two attached hydrogens (primary N) is 1. The molecule has 0 aliphatic carbocycles. The van der Waals surface area contributed by atoms with Crippen molar-refractivity contribution in [2.24, 2.45) is 16.1 Å². The minimum atomic E-state index is -0.428.